The minimum atomic E-state index is -4.86. The van der Waals surface area contributed by atoms with Crippen molar-refractivity contribution in [2.45, 2.75) is 18.3 Å². The number of benzene rings is 1. The molecule has 0 aromatic heterocycles. The molecule has 5 nitrogen and oxygen atoms in total. The van der Waals surface area contributed by atoms with E-state index in [0.29, 0.717) is 6.08 Å². The summed E-state index contributed by atoms with van der Waals surface area (Å²) in [5.41, 5.74) is 0.223. The smallest absolute Gasteiger partial charge is 0.417 e. The number of hydrogen-bond acceptors (Lipinski definition) is 4. The summed E-state index contributed by atoms with van der Waals surface area (Å²) in [5.74, 6) is -1.63. The third kappa shape index (κ3) is 5.21. The molecule has 1 rings (SSSR count). The van der Waals surface area contributed by atoms with Gasteiger partial charge >= 0.3 is 12.1 Å². The second-order valence-electron chi connectivity index (χ2n) is 4.21. The minimum absolute atomic E-state index is 0.223. The Kier molecular flexibility index (Phi) is 6.11. The lowest BCUT2D eigenvalue weighted by molar-refractivity contribution is -0.187. The lowest BCUT2D eigenvalue weighted by Crippen LogP contribution is -2.40. The normalized spacial score (nSPS) is 14.4. The molecule has 0 heterocycles. The standard InChI is InChI=1S/C14H14F3NO4/c1-22-13(21)10(7-8-11(19)14(15,16)17)18-12(20)9-5-3-2-4-6-9/h2-8,10-11,19H,1H3,(H,18,20)/b8-7+/t10-,11+/m1/s1. The van der Waals surface area contributed by atoms with E-state index in [2.05, 4.69) is 10.1 Å². The summed E-state index contributed by atoms with van der Waals surface area (Å²) in [5, 5.41) is 11.1. The summed E-state index contributed by atoms with van der Waals surface area (Å²) in [6.45, 7) is 0. The molecule has 1 aromatic rings. The maximum Gasteiger partial charge on any atom is 0.417 e. The molecule has 0 aliphatic rings. The topological polar surface area (TPSA) is 75.6 Å². The molecule has 8 heteroatoms. The number of carbonyl (C=O) groups excluding carboxylic acids is 2. The Balaban J connectivity index is 2.84. The van der Waals surface area contributed by atoms with E-state index >= 15 is 0 Å². The molecule has 0 fully saturated rings. The number of hydrogen-bond donors (Lipinski definition) is 2. The highest BCUT2D eigenvalue weighted by molar-refractivity contribution is 5.97. The second kappa shape index (κ2) is 7.60. The summed E-state index contributed by atoms with van der Waals surface area (Å²) < 4.78 is 41.0. The van der Waals surface area contributed by atoms with E-state index in [1.807, 2.05) is 0 Å². The third-order valence-electron chi connectivity index (χ3n) is 2.60. The van der Waals surface area contributed by atoms with Crippen molar-refractivity contribution in [3.8, 4) is 0 Å². The monoisotopic (exact) mass is 317 g/mol. The molecule has 120 valence electrons. The number of halogens is 3. The number of nitrogens with one attached hydrogen (secondary N) is 1. The molecule has 0 spiro atoms. The first-order valence-corrected chi connectivity index (χ1v) is 6.12. The fourth-order valence-electron chi connectivity index (χ4n) is 1.45. The molecule has 0 saturated carbocycles. The van der Waals surface area contributed by atoms with E-state index in [1.54, 1.807) is 18.2 Å². The molecule has 0 radical (unpaired) electrons. The van der Waals surface area contributed by atoms with Gasteiger partial charge in [0.15, 0.2) is 6.10 Å². The van der Waals surface area contributed by atoms with E-state index in [1.165, 1.54) is 12.1 Å². The van der Waals surface area contributed by atoms with Crippen LogP contribution >= 0.6 is 0 Å². The van der Waals surface area contributed by atoms with Gasteiger partial charge in [0.05, 0.1) is 7.11 Å². The van der Waals surface area contributed by atoms with Crippen LogP contribution in [0, 0.1) is 0 Å². The zero-order valence-electron chi connectivity index (χ0n) is 11.5. The van der Waals surface area contributed by atoms with Crippen molar-refractivity contribution in [2.24, 2.45) is 0 Å². The highest BCUT2D eigenvalue weighted by Crippen LogP contribution is 2.20. The molecule has 1 aromatic carbocycles. The van der Waals surface area contributed by atoms with Gasteiger partial charge in [-0.15, -0.1) is 0 Å². The Morgan fingerprint density at radius 3 is 2.32 bits per heavy atom. The number of methoxy groups -OCH3 is 1. The van der Waals surface area contributed by atoms with E-state index in [9.17, 15) is 22.8 Å². The largest absolute Gasteiger partial charge is 0.467 e. The number of carbonyl (C=O) groups is 2. The van der Waals surface area contributed by atoms with Crippen LogP contribution in [0.3, 0.4) is 0 Å². The summed E-state index contributed by atoms with van der Waals surface area (Å²) >= 11 is 0. The zero-order valence-corrected chi connectivity index (χ0v) is 11.5. The SMILES string of the molecule is COC(=O)[C@@H](/C=C/[C@H](O)C(F)(F)F)NC(=O)c1ccccc1. The van der Waals surface area contributed by atoms with Gasteiger partial charge in [0, 0.05) is 5.56 Å². The Labute approximate surface area is 124 Å². The van der Waals surface area contributed by atoms with Crippen LogP contribution in [0.1, 0.15) is 10.4 Å². The predicted molar refractivity (Wildman–Crippen MR) is 70.9 cm³/mol. The van der Waals surface area contributed by atoms with Gasteiger partial charge in [-0.05, 0) is 18.2 Å². The van der Waals surface area contributed by atoms with Gasteiger partial charge in [0.25, 0.3) is 5.91 Å². The zero-order chi connectivity index (χ0) is 16.8. The first-order valence-electron chi connectivity index (χ1n) is 6.12. The van der Waals surface area contributed by atoms with Crippen molar-refractivity contribution in [1.29, 1.82) is 0 Å². The molecule has 0 aliphatic heterocycles. The van der Waals surface area contributed by atoms with Gasteiger partial charge in [-0.2, -0.15) is 13.2 Å². The lowest BCUT2D eigenvalue weighted by Gasteiger charge is -2.15. The Hall–Kier alpha value is -2.35. The van der Waals surface area contributed by atoms with Crippen molar-refractivity contribution < 1.29 is 32.6 Å². The van der Waals surface area contributed by atoms with Crippen LogP contribution in [0.25, 0.3) is 0 Å². The fourth-order valence-corrected chi connectivity index (χ4v) is 1.45. The molecule has 2 atom stereocenters. The summed E-state index contributed by atoms with van der Waals surface area (Å²) in [6, 6.07) is 6.34. The fraction of sp³-hybridized carbons (Fsp3) is 0.286. The van der Waals surface area contributed by atoms with Gasteiger partial charge in [0.1, 0.15) is 6.04 Å². The highest BCUT2D eigenvalue weighted by atomic mass is 19.4. The van der Waals surface area contributed by atoms with Crippen LogP contribution in [0.5, 0.6) is 0 Å². The van der Waals surface area contributed by atoms with Gasteiger partial charge < -0.3 is 15.2 Å². The maximum atomic E-state index is 12.2. The van der Waals surface area contributed by atoms with Crippen molar-refractivity contribution in [3.05, 3.63) is 48.0 Å². The molecule has 22 heavy (non-hydrogen) atoms. The van der Waals surface area contributed by atoms with Crippen LogP contribution in [-0.4, -0.2) is 42.4 Å². The van der Waals surface area contributed by atoms with E-state index in [0.717, 1.165) is 13.2 Å². The average Bonchev–Trinajstić information content (AvgIpc) is 2.49. The second-order valence-corrected chi connectivity index (χ2v) is 4.21. The molecule has 0 aliphatic carbocycles. The third-order valence-corrected chi connectivity index (χ3v) is 2.60. The summed E-state index contributed by atoms with van der Waals surface area (Å²) in [7, 11) is 1.03. The number of aliphatic hydroxyl groups is 1. The number of alkyl halides is 3. The number of rotatable bonds is 5. The van der Waals surface area contributed by atoms with Gasteiger partial charge in [-0.3, -0.25) is 4.79 Å². The molecule has 1 amide bonds. The predicted octanol–water partition coefficient (Wildman–Crippen LogP) is 1.44. The van der Waals surface area contributed by atoms with Crippen LogP contribution in [0.2, 0.25) is 0 Å². The quantitative estimate of drug-likeness (QED) is 0.636. The molecule has 0 unspecified atom stereocenters. The van der Waals surface area contributed by atoms with E-state index in [-0.39, 0.29) is 5.56 Å². The summed E-state index contributed by atoms with van der Waals surface area (Å²) in [6.07, 6.45) is -6.51. The molecular formula is C14H14F3NO4. The van der Waals surface area contributed by atoms with Crippen LogP contribution in [0.4, 0.5) is 13.2 Å². The van der Waals surface area contributed by atoms with Crippen molar-refractivity contribution in [1.82, 2.24) is 5.32 Å². The van der Waals surface area contributed by atoms with Gasteiger partial charge in [-0.1, -0.05) is 24.3 Å². The average molecular weight is 317 g/mol. The van der Waals surface area contributed by atoms with Crippen LogP contribution in [0.15, 0.2) is 42.5 Å². The van der Waals surface area contributed by atoms with Crippen molar-refractivity contribution in [2.75, 3.05) is 7.11 Å². The number of esters is 1. The van der Waals surface area contributed by atoms with Crippen LogP contribution in [-0.2, 0) is 9.53 Å². The van der Waals surface area contributed by atoms with Crippen LogP contribution < -0.4 is 5.32 Å². The minimum Gasteiger partial charge on any atom is -0.467 e. The maximum absolute atomic E-state index is 12.2. The molecule has 0 saturated heterocycles. The Morgan fingerprint density at radius 1 is 1.23 bits per heavy atom. The summed E-state index contributed by atoms with van der Waals surface area (Å²) in [4.78, 5) is 23.4. The van der Waals surface area contributed by atoms with Gasteiger partial charge in [-0.25, -0.2) is 4.79 Å². The number of ether oxygens (including phenoxy) is 1. The van der Waals surface area contributed by atoms with Crippen molar-refractivity contribution >= 4 is 11.9 Å². The van der Waals surface area contributed by atoms with Crippen molar-refractivity contribution in [3.63, 3.8) is 0 Å². The first kappa shape index (κ1) is 17.7. The molecule has 2 N–H and O–H groups in total. The molecular weight excluding hydrogens is 303 g/mol. The highest BCUT2D eigenvalue weighted by Gasteiger charge is 2.36. The van der Waals surface area contributed by atoms with Gasteiger partial charge in [0.2, 0.25) is 0 Å². The van der Waals surface area contributed by atoms with E-state index in [4.69, 9.17) is 5.11 Å². The number of aliphatic hydroxyl groups excluding tert-OH is 1. The lowest BCUT2D eigenvalue weighted by atomic mass is 10.1. The van der Waals surface area contributed by atoms with E-state index < -0.39 is 30.2 Å². The first-order chi connectivity index (χ1) is 10.3. The molecule has 0 bridgehead atoms. The number of amides is 1. The Morgan fingerprint density at radius 2 is 1.82 bits per heavy atom. The Bertz CT molecular complexity index is 543.